The van der Waals surface area contributed by atoms with Gasteiger partial charge in [0.05, 0.1) is 21.3 Å². The average molecular weight is 268 g/mol. The summed E-state index contributed by atoms with van der Waals surface area (Å²) in [5.74, 6) is 2.00. The molecule has 5 nitrogen and oxygen atoms in total. The highest BCUT2D eigenvalue weighted by Crippen LogP contribution is 2.38. The van der Waals surface area contributed by atoms with Gasteiger partial charge in [-0.05, 0) is 31.8 Å². The third kappa shape index (κ3) is 4.61. The van der Waals surface area contributed by atoms with Gasteiger partial charge in [-0.1, -0.05) is 0 Å². The second-order valence-corrected chi connectivity index (χ2v) is 4.51. The minimum Gasteiger partial charge on any atom is -0.493 e. The van der Waals surface area contributed by atoms with Crippen LogP contribution in [0.1, 0.15) is 5.56 Å². The van der Waals surface area contributed by atoms with Gasteiger partial charge in [-0.25, -0.2) is 0 Å². The lowest BCUT2D eigenvalue weighted by Crippen LogP contribution is -2.26. The second kappa shape index (κ2) is 7.86. The second-order valence-electron chi connectivity index (χ2n) is 4.51. The number of ether oxygens (including phenoxy) is 3. The molecule has 0 spiro atoms. The number of nitrogens with zero attached hydrogens (tertiary/aromatic N) is 1. The summed E-state index contributed by atoms with van der Waals surface area (Å²) in [7, 11) is 8.97. The molecule has 0 amide bonds. The molecule has 5 heteroatoms. The van der Waals surface area contributed by atoms with Crippen LogP contribution in [0.15, 0.2) is 12.1 Å². The van der Waals surface area contributed by atoms with E-state index >= 15 is 0 Å². The van der Waals surface area contributed by atoms with Crippen LogP contribution in [0.3, 0.4) is 0 Å². The lowest BCUT2D eigenvalue weighted by atomic mass is 10.2. The van der Waals surface area contributed by atoms with Gasteiger partial charge in [-0.3, -0.25) is 0 Å². The van der Waals surface area contributed by atoms with Gasteiger partial charge in [0.25, 0.3) is 0 Å². The van der Waals surface area contributed by atoms with E-state index < -0.39 is 0 Å². The highest BCUT2D eigenvalue weighted by atomic mass is 16.5. The van der Waals surface area contributed by atoms with Gasteiger partial charge in [0.2, 0.25) is 5.75 Å². The number of hydrogen-bond donors (Lipinski definition) is 1. The fourth-order valence-corrected chi connectivity index (χ4v) is 1.77. The molecule has 1 rings (SSSR count). The van der Waals surface area contributed by atoms with E-state index in [0.717, 1.165) is 25.2 Å². The van der Waals surface area contributed by atoms with Crippen LogP contribution in [-0.2, 0) is 6.54 Å². The fraction of sp³-hybridized carbons (Fsp3) is 0.571. The van der Waals surface area contributed by atoms with E-state index in [1.54, 1.807) is 21.3 Å². The van der Waals surface area contributed by atoms with E-state index in [-0.39, 0.29) is 0 Å². The molecule has 1 N–H and O–H groups in total. The van der Waals surface area contributed by atoms with Crippen molar-refractivity contribution in [3.8, 4) is 17.2 Å². The summed E-state index contributed by atoms with van der Waals surface area (Å²) in [6.07, 6.45) is 0. The summed E-state index contributed by atoms with van der Waals surface area (Å²) in [5, 5.41) is 3.38. The summed E-state index contributed by atoms with van der Waals surface area (Å²) in [6, 6.07) is 3.92. The Labute approximate surface area is 115 Å². The van der Waals surface area contributed by atoms with Crippen molar-refractivity contribution in [3.05, 3.63) is 17.7 Å². The SMILES string of the molecule is COc1cc(CNCCN(C)C)cc(OC)c1OC. The van der Waals surface area contributed by atoms with E-state index in [2.05, 4.69) is 24.3 Å². The Bertz CT molecular complexity index is 369. The maximum absolute atomic E-state index is 5.32. The highest BCUT2D eigenvalue weighted by molar-refractivity contribution is 5.53. The van der Waals surface area contributed by atoms with Crippen molar-refractivity contribution in [2.24, 2.45) is 0 Å². The molecule has 0 saturated carbocycles. The smallest absolute Gasteiger partial charge is 0.203 e. The molecule has 0 aliphatic rings. The standard InChI is InChI=1S/C14H24N2O3/c1-16(2)7-6-15-10-11-8-12(17-3)14(19-5)13(9-11)18-4/h8-9,15H,6-7,10H2,1-5H3. The first-order valence-electron chi connectivity index (χ1n) is 6.26. The minimum atomic E-state index is 0.627. The third-order valence-corrected chi connectivity index (χ3v) is 2.79. The number of nitrogens with one attached hydrogen (secondary N) is 1. The van der Waals surface area contributed by atoms with Crippen LogP contribution in [0.2, 0.25) is 0 Å². The molecule has 0 heterocycles. The Morgan fingerprint density at radius 3 is 2.00 bits per heavy atom. The van der Waals surface area contributed by atoms with Crippen molar-refractivity contribution in [2.75, 3.05) is 48.5 Å². The first-order chi connectivity index (χ1) is 9.12. The van der Waals surface area contributed by atoms with Crippen molar-refractivity contribution in [3.63, 3.8) is 0 Å². The molecule has 0 atom stereocenters. The Balaban J connectivity index is 2.73. The van der Waals surface area contributed by atoms with E-state index in [0.29, 0.717) is 17.2 Å². The zero-order chi connectivity index (χ0) is 14.3. The van der Waals surface area contributed by atoms with Crippen molar-refractivity contribution < 1.29 is 14.2 Å². The van der Waals surface area contributed by atoms with Crippen LogP contribution < -0.4 is 19.5 Å². The molecule has 0 aromatic heterocycles. The predicted octanol–water partition coefficient (Wildman–Crippen LogP) is 1.36. The molecule has 1 aromatic carbocycles. The predicted molar refractivity (Wildman–Crippen MR) is 76.4 cm³/mol. The molecule has 108 valence electrons. The molecule has 0 aliphatic carbocycles. The van der Waals surface area contributed by atoms with Crippen LogP contribution in [0.4, 0.5) is 0 Å². The van der Waals surface area contributed by atoms with Gasteiger partial charge >= 0.3 is 0 Å². The van der Waals surface area contributed by atoms with Gasteiger partial charge < -0.3 is 24.4 Å². The van der Waals surface area contributed by atoms with Gasteiger partial charge in [0.15, 0.2) is 11.5 Å². The van der Waals surface area contributed by atoms with E-state index in [9.17, 15) is 0 Å². The van der Waals surface area contributed by atoms with Crippen molar-refractivity contribution in [2.45, 2.75) is 6.54 Å². The molecule has 0 bridgehead atoms. The van der Waals surface area contributed by atoms with Crippen molar-refractivity contribution >= 4 is 0 Å². The molecular weight excluding hydrogens is 244 g/mol. The number of hydrogen-bond acceptors (Lipinski definition) is 5. The van der Waals surface area contributed by atoms with E-state index in [1.807, 2.05) is 12.1 Å². The highest BCUT2D eigenvalue weighted by Gasteiger charge is 2.12. The summed E-state index contributed by atoms with van der Waals surface area (Å²) in [5.41, 5.74) is 1.10. The maximum Gasteiger partial charge on any atom is 0.203 e. The summed E-state index contributed by atoms with van der Waals surface area (Å²) in [4.78, 5) is 2.14. The number of likely N-dealkylation sites (N-methyl/N-ethyl adjacent to an activating group) is 1. The first-order valence-corrected chi connectivity index (χ1v) is 6.26. The molecule has 0 fully saturated rings. The van der Waals surface area contributed by atoms with E-state index in [1.165, 1.54) is 0 Å². The van der Waals surface area contributed by atoms with Crippen LogP contribution in [0.5, 0.6) is 17.2 Å². The molecular formula is C14H24N2O3. The Morgan fingerprint density at radius 1 is 1.00 bits per heavy atom. The quantitative estimate of drug-likeness (QED) is 0.721. The van der Waals surface area contributed by atoms with Crippen molar-refractivity contribution in [1.82, 2.24) is 10.2 Å². The average Bonchev–Trinajstić information content (AvgIpc) is 2.42. The molecule has 0 saturated heterocycles. The van der Waals surface area contributed by atoms with Gasteiger partial charge in [0, 0.05) is 19.6 Å². The lowest BCUT2D eigenvalue weighted by molar-refractivity contribution is 0.323. The monoisotopic (exact) mass is 268 g/mol. The van der Waals surface area contributed by atoms with Crippen LogP contribution >= 0.6 is 0 Å². The normalized spacial score (nSPS) is 10.6. The number of methoxy groups -OCH3 is 3. The van der Waals surface area contributed by atoms with Crippen molar-refractivity contribution in [1.29, 1.82) is 0 Å². The largest absolute Gasteiger partial charge is 0.493 e. The van der Waals surface area contributed by atoms with Gasteiger partial charge in [-0.15, -0.1) is 0 Å². The molecule has 0 radical (unpaired) electrons. The van der Waals surface area contributed by atoms with E-state index in [4.69, 9.17) is 14.2 Å². The Morgan fingerprint density at radius 2 is 1.58 bits per heavy atom. The fourth-order valence-electron chi connectivity index (χ4n) is 1.77. The topological polar surface area (TPSA) is 43.0 Å². The van der Waals surface area contributed by atoms with Gasteiger partial charge in [-0.2, -0.15) is 0 Å². The number of benzene rings is 1. The van der Waals surface area contributed by atoms with Gasteiger partial charge in [0.1, 0.15) is 0 Å². The molecule has 1 aromatic rings. The van der Waals surface area contributed by atoms with Crippen LogP contribution in [-0.4, -0.2) is 53.4 Å². The summed E-state index contributed by atoms with van der Waals surface area (Å²) < 4.78 is 15.9. The Kier molecular flexibility index (Phi) is 6.45. The molecule has 19 heavy (non-hydrogen) atoms. The molecule has 0 aliphatic heterocycles. The summed E-state index contributed by atoms with van der Waals surface area (Å²) in [6.45, 7) is 2.71. The zero-order valence-electron chi connectivity index (χ0n) is 12.4. The minimum absolute atomic E-state index is 0.627. The maximum atomic E-state index is 5.32. The zero-order valence-corrected chi connectivity index (χ0v) is 12.4. The lowest BCUT2D eigenvalue weighted by Gasteiger charge is -2.15. The third-order valence-electron chi connectivity index (χ3n) is 2.79. The Hall–Kier alpha value is -1.46. The summed E-state index contributed by atoms with van der Waals surface area (Å²) >= 11 is 0. The molecule has 0 unspecified atom stereocenters. The van der Waals surface area contributed by atoms with Crippen LogP contribution in [0.25, 0.3) is 0 Å². The number of rotatable bonds is 8. The van der Waals surface area contributed by atoms with Crippen LogP contribution in [0, 0.1) is 0 Å². The first kappa shape index (κ1) is 15.6.